The molecule has 9 nitrogen and oxygen atoms in total. The lowest BCUT2D eigenvalue weighted by molar-refractivity contribution is 0.408. The summed E-state index contributed by atoms with van der Waals surface area (Å²) >= 11 is 6.03. The third kappa shape index (κ3) is 7.72. The Bertz CT molecular complexity index is 1760. The Labute approximate surface area is 274 Å². The average molecular weight is 642 g/mol. The van der Waals surface area contributed by atoms with Gasteiger partial charge in [-0.05, 0) is 59.5 Å². The lowest BCUT2D eigenvalue weighted by Gasteiger charge is -2.24. The van der Waals surface area contributed by atoms with Gasteiger partial charge in [-0.2, -0.15) is 4.98 Å². The van der Waals surface area contributed by atoms with Crippen LogP contribution in [-0.4, -0.2) is 42.4 Å². The molecule has 1 N–H and O–H groups in total. The Morgan fingerprint density at radius 3 is 2.02 bits per heavy atom. The second-order valence-electron chi connectivity index (χ2n) is 11.0. The highest BCUT2D eigenvalue weighted by Crippen LogP contribution is 2.26. The molecule has 0 fully saturated rings. The van der Waals surface area contributed by atoms with E-state index in [1.165, 1.54) is 0 Å². The molecule has 0 spiro atoms. The van der Waals surface area contributed by atoms with Crippen molar-refractivity contribution in [1.29, 1.82) is 0 Å². The summed E-state index contributed by atoms with van der Waals surface area (Å²) in [5, 5.41) is 3.90. The molecular formula is C36H40ClN5O4. The number of unbranched alkanes of at least 4 members (excludes halogenated alkanes) is 1. The van der Waals surface area contributed by atoms with Crippen molar-refractivity contribution in [3.63, 3.8) is 0 Å². The van der Waals surface area contributed by atoms with Crippen LogP contribution in [0.15, 0.2) is 83.8 Å². The zero-order valence-corrected chi connectivity index (χ0v) is 27.5. The van der Waals surface area contributed by atoms with Crippen molar-refractivity contribution in [2.75, 3.05) is 38.1 Å². The van der Waals surface area contributed by atoms with Crippen LogP contribution in [0.4, 0.5) is 11.8 Å². The first-order valence-electron chi connectivity index (χ1n) is 15.3. The summed E-state index contributed by atoms with van der Waals surface area (Å²) in [7, 11) is 4.93. The van der Waals surface area contributed by atoms with Gasteiger partial charge in [-0.25, -0.2) is 4.98 Å². The Kier molecular flexibility index (Phi) is 11.0. The topological polar surface area (TPSA) is 90.7 Å². The second kappa shape index (κ2) is 15.5. The molecule has 0 aliphatic carbocycles. The van der Waals surface area contributed by atoms with Gasteiger partial charge in [-0.3, -0.25) is 4.79 Å². The van der Waals surface area contributed by atoms with Gasteiger partial charge in [0.25, 0.3) is 5.56 Å². The third-order valence-electron chi connectivity index (χ3n) is 7.83. The van der Waals surface area contributed by atoms with Gasteiger partial charge >= 0.3 is 0 Å². The number of aromatic nitrogens is 3. The molecule has 0 amide bonds. The minimum absolute atomic E-state index is 0.177. The number of hydrogen-bond acceptors (Lipinski definition) is 8. The number of alkyl halides is 1. The standard InChI is InChI=1S/C36H40ClN5O4/c1-5-6-18-38-34-33-31(17-19-41(35(33)43)24-28-12-7-27(21-37)20-32(28)46-4)39-36(40-34)42(22-25-8-13-29(44-2)14-9-25)23-26-10-15-30(45-3)16-11-26/h7-17,19-20H,5-6,18,21-24H2,1-4H3,(H,38,39,40). The van der Waals surface area contributed by atoms with Crippen LogP contribution in [0.1, 0.15) is 42.0 Å². The summed E-state index contributed by atoms with van der Waals surface area (Å²) in [5.41, 5.74) is 4.37. The molecule has 0 unspecified atom stereocenters. The van der Waals surface area contributed by atoms with E-state index in [4.69, 9.17) is 35.8 Å². The molecule has 0 radical (unpaired) electrons. The smallest absolute Gasteiger partial charge is 0.264 e. The van der Waals surface area contributed by atoms with Crippen molar-refractivity contribution in [1.82, 2.24) is 14.5 Å². The van der Waals surface area contributed by atoms with Crippen LogP contribution in [-0.2, 0) is 25.5 Å². The zero-order valence-electron chi connectivity index (χ0n) is 26.8. The van der Waals surface area contributed by atoms with Gasteiger partial charge in [-0.15, -0.1) is 11.6 Å². The second-order valence-corrected chi connectivity index (χ2v) is 11.3. The fraction of sp³-hybridized carbons (Fsp3) is 0.306. The molecule has 2 aromatic heterocycles. The van der Waals surface area contributed by atoms with E-state index < -0.39 is 0 Å². The van der Waals surface area contributed by atoms with E-state index in [-0.39, 0.29) is 5.56 Å². The number of fused-ring (bicyclic) bond motifs is 1. The molecule has 3 aromatic carbocycles. The van der Waals surface area contributed by atoms with Crippen LogP contribution in [0.25, 0.3) is 10.9 Å². The number of benzene rings is 3. The fourth-order valence-corrected chi connectivity index (χ4v) is 5.40. The number of ether oxygens (including phenoxy) is 3. The number of pyridine rings is 1. The summed E-state index contributed by atoms with van der Waals surface area (Å²) < 4.78 is 18.0. The van der Waals surface area contributed by atoms with Crippen LogP contribution in [0.5, 0.6) is 17.2 Å². The molecule has 5 rings (SSSR count). The maximum absolute atomic E-state index is 14.0. The van der Waals surface area contributed by atoms with E-state index in [2.05, 4.69) is 17.1 Å². The van der Waals surface area contributed by atoms with Gasteiger partial charge in [0.2, 0.25) is 5.95 Å². The molecule has 10 heteroatoms. The molecule has 2 heterocycles. The Morgan fingerprint density at radius 2 is 1.46 bits per heavy atom. The average Bonchev–Trinajstić information content (AvgIpc) is 3.09. The molecule has 0 saturated heterocycles. The fourth-order valence-electron chi connectivity index (χ4n) is 5.23. The maximum atomic E-state index is 14.0. The van der Waals surface area contributed by atoms with Crippen molar-refractivity contribution < 1.29 is 14.2 Å². The molecule has 0 aliphatic rings. The van der Waals surface area contributed by atoms with E-state index in [1.807, 2.05) is 72.8 Å². The highest BCUT2D eigenvalue weighted by Gasteiger charge is 2.19. The SMILES string of the molecule is CCCCNc1nc(N(Cc2ccc(OC)cc2)Cc2ccc(OC)cc2)nc2ccn(Cc3ccc(CCl)cc3OC)c(=O)c12. The molecule has 0 saturated carbocycles. The quantitative estimate of drug-likeness (QED) is 0.0963. The van der Waals surface area contributed by atoms with E-state index in [1.54, 1.807) is 32.1 Å². The van der Waals surface area contributed by atoms with Gasteiger partial charge in [0.1, 0.15) is 28.5 Å². The van der Waals surface area contributed by atoms with Crippen LogP contribution in [0.2, 0.25) is 0 Å². The summed E-state index contributed by atoms with van der Waals surface area (Å²) in [5.74, 6) is 3.69. The lowest BCUT2D eigenvalue weighted by Crippen LogP contribution is -2.27. The number of halogens is 1. The van der Waals surface area contributed by atoms with E-state index in [0.29, 0.717) is 60.5 Å². The summed E-state index contributed by atoms with van der Waals surface area (Å²) in [6.07, 6.45) is 3.73. The first-order valence-corrected chi connectivity index (χ1v) is 15.9. The van der Waals surface area contributed by atoms with E-state index in [0.717, 1.165) is 46.6 Å². The first kappa shape index (κ1) is 32.6. The van der Waals surface area contributed by atoms with E-state index in [9.17, 15) is 4.79 Å². The molecule has 0 bridgehead atoms. The van der Waals surface area contributed by atoms with Crippen molar-refractivity contribution in [3.05, 3.63) is 112 Å². The molecular weight excluding hydrogens is 602 g/mol. The van der Waals surface area contributed by atoms with Crippen molar-refractivity contribution in [2.24, 2.45) is 0 Å². The number of anilines is 2. The highest BCUT2D eigenvalue weighted by atomic mass is 35.5. The number of nitrogens with zero attached hydrogens (tertiary/aromatic N) is 4. The van der Waals surface area contributed by atoms with Crippen LogP contribution < -0.4 is 30.0 Å². The highest BCUT2D eigenvalue weighted by molar-refractivity contribution is 6.17. The lowest BCUT2D eigenvalue weighted by atomic mass is 10.1. The normalized spacial score (nSPS) is 11.0. The van der Waals surface area contributed by atoms with Crippen molar-refractivity contribution in [2.45, 2.75) is 45.3 Å². The number of hydrogen-bond donors (Lipinski definition) is 1. The largest absolute Gasteiger partial charge is 0.497 e. The monoisotopic (exact) mass is 641 g/mol. The molecule has 0 atom stereocenters. The minimum atomic E-state index is -0.177. The van der Waals surface area contributed by atoms with Gasteiger partial charge in [0.05, 0.1) is 33.4 Å². The van der Waals surface area contributed by atoms with Gasteiger partial charge < -0.3 is 29.0 Å². The van der Waals surface area contributed by atoms with Gasteiger partial charge in [0, 0.05) is 37.3 Å². The Hall–Kier alpha value is -4.76. The molecule has 240 valence electrons. The third-order valence-corrected chi connectivity index (χ3v) is 8.14. The van der Waals surface area contributed by atoms with Crippen LogP contribution >= 0.6 is 11.6 Å². The summed E-state index contributed by atoms with van der Waals surface area (Å²) in [6, 6.07) is 23.6. The molecule has 5 aromatic rings. The maximum Gasteiger partial charge on any atom is 0.264 e. The zero-order chi connectivity index (χ0) is 32.5. The molecule has 46 heavy (non-hydrogen) atoms. The summed E-state index contributed by atoms with van der Waals surface area (Å²) in [4.78, 5) is 26.1. The number of nitrogens with one attached hydrogen (secondary N) is 1. The number of methoxy groups -OCH3 is 3. The minimum Gasteiger partial charge on any atom is -0.497 e. The number of rotatable bonds is 15. The van der Waals surface area contributed by atoms with Crippen LogP contribution in [0.3, 0.4) is 0 Å². The summed E-state index contributed by atoms with van der Waals surface area (Å²) in [6.45, 7) is 4.24. The predicted octanol–water partition coefficient (Wildman–Crippen LogP) is 7.02. The first-order chi connectivity index (χ1) is 22.5. The Balaban J connectivity index is 1.57. The van der Waals surface area contributed by atoms with E-state index >= 15 is 0 Å². The Morgan fingerprint density at radius 1 is 0.826 bits per heavy atom. The molecule has 0 aliphatic heterocycles. The van der Waals surface area contributed by atoms with Gasteiger partial charge in [-0.1, -0.05) is 49.7 Å². The van der Waals surface area contributed by atoms with Gasteiger partial charge in [0.15, 0.2) is 0 Å². The van der Waals surface area contributed by atoms with Crippen molar-refractivity contribution >= 4 is 34.3 Å². The predicted molar refractivity (Wildman–Crippen MR) is 185 cm³/mol. The van der Waals surface area contributed by atoms with Crippen molar-refractivity contribution in [3.8, 4) is 17.2 Å². The van der Waals surface area contributed by atoms with Crippen LogP contribution in [0, 0.1) is 0 Å².